The van der Waals surface area contributed by atoms with E-state index in [1.165, 1.54) is 0 Å². The van der Waals surface area contributed by atoms with Gasteiger partial charge in [0.2, 0.25) is 0 Å². The Morgan fingerprint density at radius 3 is 2.48 bits per heavy atom. The van der Waals surface area contributed by atoms with Gasteiger partial charge in [0.15, 0.2) is 0 Å². The zero-order valence-electron chi connectivity index (χ0n) is 14.8. The molecule has 0 aliphatic rings. The van der Waals surface area contributed by atoms with Crippen LogP contribution >= 0.6 is 11.6 Å². The minimum atomic E-state index is -0.363. The van der Waals surface area contributed by atoms with Gasteiger partial charge in [0.1, 0.15) is 6.04 Å². The van der Waals surface area contributed by atoms with Crippen molar-refractivity contribution in [1.29, 1.82) is 0 Å². The summed E-state index contributed by atoms with van der Waals surface area (Å²) in [6, 6.07) is 15.1. The molecule has 0 spiro atoms. The van der Waals surface area contributed by atoms with Crippen molar-refractivity contribution >= 4 is 28.9 Å². The Labute approximate surface area is 154 Å². The molecule has 0 fully saturated rings. The summed E-state index contributed by atoms with van der Waals surface area (Å²) < 4.78 is 0. The number of nitrogens with one attached hydrogen (secondary N) is 2. The Morgan fingerprint density at radius 2 is 1.88 bits per heavy atom. The van der Waals surface area contributed by atoms with Gasteiger partial charge in [0, 0.05) is 10.7 Å². The molecule has 5 heteroatoms. The van der Waals surface area contributed by atoms with Gasteiger partial charge in [-0.15, -0.1) is 0 Å². The molecule has 4 nitrogen and oxygen atoms in total. The van der Waals surface area contributed by atoms with E-state index in [4.69, 9.17) is 11.6 Å². The van der Waals surface area contributed by atoms with Gasteiger partial charge in [-0.3, -0.25) is 4.79 Å². The fraction of sp³-hybridized carbons (Fsp3) is 0.300. The number of halogens is 1. The highest BCUT2D eigenvalue weighted by atomic mass is 35.5. The third kappa shape index (κ3) is 5.33. The van der Waals surface area contributed by atoms with Gasteiger partial charge < -0.3 is 5.32 Å². The maximum Gasteiger partial charge on any atom is 0.262 e. The predicted molar refractivity (Wildman–Crippen MR) is 105 cm³/mol. The van der Waals surface area contributed by atoms with E-state index in [0.717, 1.165) is 28.9 Å². The maximum atomic E-state index is 12.5. The maximum absolute atomic E-state index is 12.5. The Hall–Kier alpha value is -2.33. The molecule has 2 rings (SSSR count). The monoisotopic (exact) mass is 357 g/mol. The van der Waals surface area contributed by atoms with Gasteiger partial charge in [-0.25, -0.2) is 5.43 Å². The summed E-state index contributed by atoms with van der Waals surface area (Å²) in [6.45, 7) is 5.94. The average molecular weight is 358 g/mol. The van der Waals surface area contributed by atoms with Crippen LogP contribution in [0.2, 0.25) is 5.02 Å². The van der Waals surface area contributed by atoms with Gasteiger partial charge in [0.05, 0.1) is 5.71 Å². The molecule has 0 unspecified atom stereocenters. The molecule has 2 aromatic rings. The fourth-order valence-electron chi connectivity index (χ4n) is 2.51. The van der Waals surface area contributed by atoms with Crippen molar-refractivity contribution < 1.29 is 4.79 Å². The topological polar surface area (TPSA) is 53.5 Å². The first-order valence-corrected chi connectivity index (χ1v) is 8.87. The smallest absolute Gasteiger partial charge is 0.262 e. The van der Waals surface area contributed by atoms with E-state index in [9.17, 15) is 4.79 Å². The molecule has 132 valence electrons. The summed E-state index contributed by atoms with van der Waals surface area (Å²) in [5.74, 6) is -0.154. The molecule has 0 aliphatic carbocycles. The number of carbonyl (C=O) groups excluding carboxylic acids is 1. The number of anilines is 1. The van der Waals surface area contributed by atoms with E-state index in [1.807, 2.05) is 69.3 Å². The van der Waals surface area contributed by atoms with Crippen LogP contribution in [0.15, 0.2) is 53.6 Å². The Morgan fingerprint density at radius 1 is 1.16 bits per heavy atom. The third-order valence-corrected chi connectivity index (χ3v) is 4.22. The van der Waals surface area contributed by atoms with Crippen LogP contribution in [0, 0.1) is 6.92 Å². The van der Waals surface area contributed by atoms with Crippen molar-refractivity contribution in [3.05, 3.63) is 64.7 Å². The van der Waals surface area contributed by atoms with E-state index in [2.05, 4.69) is 15.8 Å². The van der Waals surface area contributed by atoms with Crippen molar-refractivity contribution in [1.82, 2.24) is 5.43 Å². The summed E-state index contributed by atoms with van der Waals surface area (Å²) >= 11 is 5.98. The van der Waals surface area contributed by atoms with E-state index in [1.54, 1.807) is 0 Å². The zero-order valence-corrected chi connectivity index (χ0v) is 15.6. The molecular formula is C20H24ClN3O. The molecule has 0 saturated heterocycles. The first kappa shape index (κ1) is 19.0. The molecular weight excluding hydrogens is 334 g/mol. The lowest BCUT2D eigenvalue weighted by Gasteiger charge is -2.18. The van der Waals surface area contributed by atoms with Crippen LogP contribution in [0.4, 0.5) is 5.69 Å². The van der Waals surface area contributed by atoms with Crippen LogP contribution in [0.25, 0.3) is 0 Å². The average Bonchev–Trinajstić information content (AvgIpc) is 2.62. The lowest BCUT2D eigenvalue weighted by molar-refractivity contribution is -0.121. The SMILES string of the molecule is CC/C(=N/NC(=O)[C@H](CC)Nc1ccc(Cl)cc1C)c1ccccc1. The Kier molecular flexibility index (Phi) is 7.02. The molecule has 1 amide bonds. The van der Waals surface area contributed by atoms with Crippen LogP contribution in [0.3, 0.4) is 0 Å². The van der Waals surface area contributed by atoms with Crippen LogP contribution < -0.4 is 10.7 Å². The van der Waals surface area contributed by atoms with Crippen molar-refractivity contribution in [3.8, 4) is 0 Å². The molecule has 0 radical (unpaired) electrons. The number of hydrogen-bond acceptors (Lipinski definition) is 3. The number of hydrazone groups is 1. The predicted octanol–water partition coefficient (Wildman–Crippen LogP) is 4.77. The van der Waals surface area contributed by atoms with E-state index >= 15 is 0 Å². The number of rotatable bonds is 7. The molecule has 0 aromatic heterocycles. The standard InChI is InChI=1S/C20H24ClN3O/c1-4-17(15-9-7-6-8-10-15)23-24-20(25)18(5-2)22-19-12-11-16(21)13-14(19)3/h6-13,18,22H,4-5H2,1-3H3,(H,24,25)/b23-17-/t18-/m0/s1. The first-order valence-electron chi connectivity index (χ1n) is 8.49. The highest BCUT2D eigenvalue weighted by Gasteiger charge is 2.17. The van der Waals surface area contributed by atoms with Gasteiger partial charge in [-0.05, 0) is 49.1 Å². The van der Waals surface area contributed by atoms with E-state index < -0.39 is 0 Å². The van der Waals surface area contributed by atoms with Crippen molar-refractivity contribution in [2.24, 2.45) is 5.10 Å². The summed E-state index contributed by atoms with van der Waals surface area (Å²) in [7, 11) is 0. The summed E-state index contributed by atoms with van der Waals surface area (Å²) in [4.78, 5) is 12.5. The van der Waals surface area contributed by atoms with Crippen molar-refractivity contribution in [2.45, 2.75) is 39.7 Å². The van der Waals surface area contributed by atoms with Crippen LogP contribution in [-0.4, -0.2) is 17.7 Å². The number of benzene rings is 2. The molecule has 0 bridgehead atoms. The number of aryl methyl sites for hydroxylation is 1. The molecule has 1 atom stereocenters. The van der Waals surface area contributed by atoms with Crippen LogP contribution in [-0.2, 0) is 4.79 Å². The quantitative estimate of drug-likeness (QED) is 0.554. The second-order valence-corrected chi connectivity index (χ2v) is 6.25. The summed E-state index contributed by atoms with van der Waals surface area (Å²) in [5, 5.41) is 8.26. The molecule has 2 aromatic carbocycles. The summed E-state index contributed by atoms with van der Waals surface area (Å²) in [5.41, 5.74) is 6.46. The first-order chi connectivity index (χ1) is 12.0. The highest BCUT2D eigenvalue weighted by molar-refractivity contribution is 6.30. The van der Waals surface area contributed by atoms with Crippen LogP contribution in [0.5, 0.6) is 0 Å². The minimum Gasteiger partial charge on any atom is -0.373 e. The Bertz CT molecular complexity index is 744. The van der Waals surface area contributed by atoms with E-state index in [0.29, 0.717) is 11.4 Å². The number of hydrogen-bond donors (Lipinski definition) is 2. The lowest BCUT2D eigenvalue weighted by atomic mass is 10.1. The molecule has 0 aliphatic heterocycles. The number of carbonyl (C=O) groups is 1. The van der Waals surface area contributed by atoms with Gasteiger partial charge in [-0.1, -0.05) is 55.8 Å². The Balaban J connectivity index is 2.07. The second-order valence-electron chi connectivity index (χ2n) is 5.82. The molecule has 0 heterocycles. The lowest BCUT2D eigenvalue weighted by Crippen LogP contribution is -2.37. The normalized spacial score (nSPS) is 12.6. The van der Waals surface area contributed by atoms with Crippen LogP contribution in [0.1, 0.15) is 37.8 Å². The second kappa shape index (κ2) is 9.23. The number of amides is 1. The largest absolute Gasteiger partial charge is 0.373 e. The summed E-state index contributed by atoms with van der Waals surface area (Å²) in [6.07, 6.45) is 1.39. The van der Waals surface area contributed by atoms with Gasteiger partial charge in [0.25, 0.3) is 5.91 Å². The highest BCUT2D eigenvalue weighted by Crippen LogP contribution is 2.20. The van der Waals surface area contributed by atoms with Gasteiger partial charge >= 0.3 is 0 Å². The third-order valence-electron chi connectivity index (χ3n) is 3.99. The molecule has 25 heavy (non-hydrogen) atoms. The zero-order chi connectivity index (χ0) is 18.2. The van der Waals surface area contributed by atoms with Crippen molar-refractivity contribution in [3.63, 3.8) is 0 Å². The minimum absolute atomic E-state index is 0.154. The fourth-order valence-corrected chi connectivity index (χ4v) is 2.74. The van der Waals surface area contributed by atoms with E-state index in [-0.39, 0.29) is 11.9 Å². The molecule has 0 saturated carbocycles. The van der Waals surface area contributed by atoms with Crippen molar-refractivity contribution in [2.75, 3.05) is 5.32 Å². The molecule has 2 N–H and O–H groups in total. The van der Waals surface area contributed by atoms with Gasteiger partial charge in [-0.2, -0.15) is 5.10 Å². The number of nitrogens with zero attached hydrogens (tertiary/aromatic N) is 1.